The van der Waals surface area contributed by atoms with Gasteiger partial charge in [0.1, 0.15) is 5.82 Å². The molecule has 1 aliphatic heterocycles. The molecular formula is C14H21BrN2O. The first-order chi connectivity index (χ1) is 8.70. The number of aryl methyl sites for hydroxylation is 1. The van der Waals surface area contributed by atoms with Crippen LogP contribution in [0.25, 0.3) is 0 Å². The Kier molecular flexibility index (Phi) is 5.01. The van der Waals surface area contributed by atoms with Crippen molar-refractivity contribution in [2.75, 3.05) is 25.1 Å². The largest absolute Gasteiger partial charge is 0.376 e. The van der Waals surface area contributed by atoms with Gasteiger partial charge in [-0.1, -0.05) is 22.0 Å². The third-order valence-corrected chi connectivity index (χ3v) is 4.02. The minimum absolute atomic E-state index is 0.362. The molecule has 0 amide bonds. The van der Waals surface area contributed by atoms with Crippen LogP contribution in [0.15, 0.2) is 12.3 Å². The molecule has 1 aromatic heterocycles. The van der Waals surface area contributed by atoms with Crippen molar-refractivity contribution in [1.29, 1.82) is 0 Å². The SMILES string of the molecule is Cc1cc(CBr)cnc1N(C)CC1CCCCO1. The Labute approximate surface area is 118 Å². The average Bonchev–Trinajstić information content (AvgIpc) is 2.39. The summed E-state index contributed by atoms with van der Waals surface area (Å²) < 4.78 is 5.78. The summed E-state index contributed by atoms with van der Waals surface area (Å²) >= 11 is 3.46. The molecule has 0 saturated carbocycles. The maximum atomic E-state index is 5.78. The van der Waals surface area contributed by atoms with Crippen LogP contribution >= 0.6 is 15.9 Å². The number of hydrogen-bond acceptors (Lipinski definition) is 3. The number of nitrogens with zero attached hydrogens (tertiary/aromatic N) is 2. The maximum Gasteiger partial charge on any atom is 0.131 e. The van der Waals surface area contributed by atoms with Crippen molar-refractivity contribution in [1.82, 2.24) is 4.98 Å². The fourth-order valence-electron chi connectivity index (χ4n) is 2.44. The second kappa shape index (κ2) is 6.53. The molecule has 1 atom stereocenters. The molecule has 1 fully saturated rings. The highest BCUT2D eigenvalue weighted by Gasteiger charge is 2.17. The normalized spacial score (nSPS) is 19.8. The summed E-state index contributed by atoms with van der Waals surface area (Å²) in [5.41, 5.74) is 2.45. The van der Waals surface area contributed by atoms with Gasteiger partial charge in [-0.15, -0.1) is 0 Å². The third-order valence-electron chi connectivity index (χ3n) is 3.37. The summed E-state index contributed by atoms with van der Waals surface area (Å²) in [5, 5.41) is 0.858. The van der Waals surface area contributed by atoms with E-state index < -0.39 is 0 Å². The summed E-state index contributed by atoms with van der Waals surface area (Å²) in [6, 6.07) is 2.19. The van der Waals surface area contributed by atoms with E-state index in [0.29, 0.717) is 6.10 Å². The highest BCUT2D eigenvalue weighted by Crippen LogP contribution is 2.20. The molecule has 18 heavy (non-hydrogen) atoms. The number of ether oxygens (including phenoxy) is 1. The Morgan fingerprint density at radius 1 is 1.50 bits per heavy atom. The molecule has 0 aliphatic carbocycles. The Morgan fingerprint density at radius 3 is 2.94 bits per heavy atom. The zero-order valence-electron chi connectivity index (χ0n) is 11.2. The third kappa shape index (κ3) is 3.45. The molecule has 3 nitrogen and oxygen atoms in total. The van der Waals surface area contributed by atoms with Gasteiger partial charge < -0.3 is 9.64 Å². The molecule has 1 aliphatic rings. The number of likely N-dealkylation sites (N-methyl/N-ethyl adjacent to an activating group) is 1. The highest BCUT2D eigenvalue weighted by molar-refractivity contribution is 9.08. The van der Waals surface area contributed by atoms with Gasteiger partial charge in [0.05, 0.1) is 6.10 Å². The maximum absolute atomic E-state index is 5.78. The minimum Gasteiger partial charge on any atom is -0.376 e. The molecule has 0 aromatic carbocycles. The van der Waals surface area contributed by atoms with E-state index in [4.69, 9.17) is 4.74 Å². The van der Waals surface area contributed by atoms with Gasteiger partial charge in [0, 0.05) is 31.7 Å². The Balaban J connectivity index is 2.01. The molecule has 2 rings (SSSR count). The lowest BCUT2D eigenvalue weighted by molar-refractivity contribution is 0.0215. The first kappa shape index (κ1) is 13.8. The molecule has 2 heterocycles. The molecule has 1 aromatic rings. The van der Waals surface area contributed by atoms with Crippen molar-refractivity contribution < 1.29 is 4.74 Å². The molecule has 4 heteroatoms. The van der Waals surface area contributed by atoms with E-state index in [1.807, 2.05) is 6.20 Å². The lowest BCUT2D eigenvalue weighted by Crippen LogP contribution is -2.34. The van der Waals surface area contributed by atoms with Gasteiger partial charge in [0.25, 0.3) is 0 Å². The molecule has 0 radical (unpaired) electrons. The first-order valence-corrected chi connectivity index (χ1v) is 7.67. The molecular weight excluding hydrogens is 292 g/mol. The van der Waals surface area contributed by atoms with Crippen LogP contribution in [0.5, 0.6) is 0 Å². The predicted molar refractivity (Wildman–Crippen MR) is 78.5 cm³/mol. The van der Waals surface area contributed by atoms with Crippen molar-refractivity contribution in [2.24, 2.45) is 0 Å². The van der Waals surface area contributed by atoms with Crippen molar-refractivity contribution in [3.05, 3.63) is 23.4 Å². The molecule has 1 saturated heterocycles. The van der Waals surface area contributed by atoms with Crippen molar-refractivity contribution in [3.63, 3.8) is 0 Å². The average molecular weight is 313 g/mol. The van der Waals surface area contributed by atoms with Crippen LogP contribution in [0.4, 0.5) is 5.82 Å². The summed E-state index contributed by atoms with van der Waals surface area (Å²) in [6.45, 7) is 3.96. The van der Waals surface area contributed by atoms with Gasteiger partial charge in [0.2, 0.25) is 0 Å². The van der Waals surface area contributed by atoms with E-state index in [0.717, 1.165) is 24.3 Å². The monoisotopic (exact) mass is 312 g/mol. The van der Waals surface area contributed by atoms with Gasteiger partial charge in [0.15, 0.2) is 0 Å². The van der Waals surface area contributed by atoms with Crippen LogP contribution in [0.3, 0.4) is 0 Å². The van der Waals surface area contributed by atoms with Crippen LogP contribution in [0, 0.1) is 6.92 Å². The number of halogens is 1. The van der Waals surface area contributed by atoms with Gasteiger partial charge in [-0.3, -0.25) is 0 Å². The smallest absolute Gasteiger partial charge is 0.131 e. The summed E-state index contributed by atoms with van der Waals surface area (Å²) in [4.78, 5) is 6.77. The van der Waals surface area contributed by atoms with Crippen molar-refractivity contribution in [2.45, 2.75) is 37.6 Å². The number of alkyl halides is 1. The zero-order chi connectivity index (χ0) is 13.0. The highest BCUT2D eigenvalue weighted by atomic mass is 79.9. The second-order valence-corrected chi connectivity index (χ2v) is 5.55. The van der Waals surface area contributed by atoms with E-state index in [-0.39, 0.29) is 0 Å². The molecule has 1 unspecified atom stereocenters. The van der Waals surface area contributed by atoms with Gasteiger partial charge in [-0.05, 0) is 37.3 Å². The second-order valence-electron chi connectivity index (χ2n) is 4.99. The van der Waals surface area contributed by atoms with Crippen LogP contribution in [-0.4, -0.2) is 31.3 Å². The lowest BCUT2D eigenvalue weighted by Gasteiger charge is -2.28. The van der Waals surface area contributed by atoms with E-state index in [2.05, 4.69) is 45.9 Å². The Morgan fingerprint density at radius 2 is 2.33 bits per heavy atom. The van der Waals surface area contributed by atoms with Crippen LogP contribution in [0.2, 0.25) is 0 Å². The fraction of sp³-hybridized carbons (Fsp3) is 0.643. The topological polar surface area (TPSA) is 25.4 Å². The van der Waals surface area contributed by atoms with Gasteiger partial charge in [-0.25, -0.2) is 4.98 Å². The lowest BCUT2D eigenvalue weighted by atomic mass is 10.1. The quantitative estimate of drug-likeness (QED) is 0.798. The predicted octanol–water partition coefficient (Wildman–Crippen LogP) is 3.29. The Hall–Kier alpha value is -0.610. The number of pyridine rings is 1. The van der Waals surface area contributed by atoms with Crippen LogP contribution in [0.1, 0.15) is 30.4 Å². The standard InChI is InChI=1S/C14H21BrN2O/c1-11-7-12(8-15)9-16-14(11)17(2)10-13-5-3-4-6-18-13/h7,9,13H,3-6,8,10H2,1-2H3. The molecule has 0 N–H and O–H groups in total. The summed E-state index contributed by atoms with van der Waals surface area (Å²) in [7, 11) is 2.10. The summed E-state index contributed by atoms with van der Waals surface area (Å²) in [6.07, 6.45) is 5.96. The number of hydrogen-bond donors (Lipinski definition) is 0. The number of rotatable bonds is 4. The first-order valence-electron chi connectivity index (χ1n) is 6.55. The number of anilines is 1. The minimum atomic E-state index is 0.362. The number of aromatic nitrogens is 1. The van der Waals surface area contributed by atoms with Crippen molar-refractivity contribution >= 4 is 21.7 Å². The fourth-order valence-corrected chi connectivity index (χ4v) is 2.75. The van der Waals surface area contributed by atoms with E-state index in [1.54, 1.807) is 0 Å². The molecule has 0 spiro atoms. The Bertz CT molecular complexity index is 391. The van der Waals surface area contributed by atoms with Crippen LogP contribution < -0.4 is 4.90 Å². The van der Waals surface area contributed by atoms with E-state index >= 15 is 0 Å². The van der Waals surface area contributed by atoms with Gasteiger partial charge in [-0.2, -0.15) is 0 Å². The molecule has 0 bridgehead atoms. The van der Waals surface area contributed by atoms with Crippen LogP contribution in [-0.2, 0) is 10.1 Å². The van der Waals surface area contributed by atoms with Gasteiger partial charge >= 0.3 is 0 Å². The molecule has 100 valence electrons. The summed E-state index contributed by atoms with van der Waals surface area (Å²) in [5.74, 6) is 1.06. The van der Waals surface area contributed by atoms with Crippen molar-refractivity contribution in [3.8, 4) is 0 Å². The zero-order valence-corrected chi connectivity index (χ0v) is 12.7. The van der Waals surface area contributed by atoms with E-state index in [9.17, 15) is 0 Å². The van der Waals surface area contributed by atoms with E-state index in [1.165, 1.54) is 30.4 Å².